The van der Waals surface area contributed by atoms with E-state index in [-0.39, 0.29) is 0 Å². The zero-order chi connectivity index (χ0) is 24.5. The molecule has 3 heterocycles. The van der Waals surface area contributed by atoms with Gasteiger partial charge in [0.15, 0.2) is 22.9 Å². The standard InChI is InChI=1S/C28H27N3O3Si/c1-28(2,35(32,21-10-6-4-7-11-21)22-12-8-5-9-13-22)16-24-23-14-15-29-19-25(23)34-26(24)27-30-17-20(33-3)18-31-27/h4-15,17-19,32H,16H2,1-3H3. The molecule has 0 fully saturated rings. The number of furan rings is 1. The highest BCUT2D eigenvalue weighted by atomic mass is 28.4. The zero-order valence-electron chi connectivity index (χ0n) is 20.0. The van der Waals surface area contributed by atoms with Gasteiger partial charge in [0, 0.05) is 17.1 Å². The van der Waals surface area contributed by atoms with Crippen molar-refractivity contribution in [3.05, 3.63) is 97.1 Å². The lowest BCUT2D eigenvalue weighted by atomic mass is 9.99. The average Bonchev–Trinajstić information content (AvgIpc) is 3.27. The molecule has 0 unspecified atom stereocenters. The number of ether oxygens (including phenoxy) is 1. The summed E-state index contributed by atoms with van der Waals surface area (Å²) >= 11 is 0. The molecule has 0 aliphatic carbocycles. The molecule has 5 rings (SSSR count). The maximum absolute atomic E-state index is 12.6. The van der Waals surface area contributed by atoms with E-state index < -0.39 is 13.4 Å². The molecule has 0 radical (unpaired) electrons. The van der Waals surface area contributed by atoms with Crippen molar-refractivity contribution in [1.29, 1.82) is 0 Å². The SMILES string of the molecule is COc1cnc(-c2oc3cnccc3c2CC(C)(C)[Si](O)(c2ccccc2)c2ccccc2)nc1. The quantitative estimate of drug-likeness (QED) is 0.348. The van der Waals surface area contributed by atoms with E-state index in [4.69, 9.17) is 9.15 Å². The number of pyridine rings is 1. The Balaban J connectivity index is 1.67. The van der Waals surface area contributed by atoms with Crippen LogP contribution < -0.4 is 15.1 Å². The Morgan fingerprint density at radius 2 is 1.49 bits per heavy atom. The first kappa shape index (κ1) is 23.0. The van der Waals surface area contributed by atoms with Crippen LogP contribution in [0.15, 0.2) is 95.9 Å². The fourth-order valence-electron chi connectivity index (χ4n) is 4.78. The van der Waals surface area contributed by atoms with Gasteiger partial charge in [-0.1, -0.05) is 74.5 Å². The lowest BCUT2D eigenvalue weighted by Gasteiger charge is -2.41. The number of hydrogen-bond donors (Lipinski definition) is 1. The first-order valence-corrected chi connectivity index (χ1v) is 13.4. The highest BCUT2D eigenvalue weighted by Crippen LogP contribution is 2.43. The Morgan fingerprint density at radius 1 is 0.886 bits per heavy atom. The van der Waals surface area contributed by atoms with Gasteiger partial charge in [0.25, 0.3) is 8.32 Å². The molecule has 0 saturated heterocycles. The summed E-state index contributed by atoms with van der Waals surface area (Å²) in [6.07, 6.45) is 7.27. The van der Waals surface area contributed by atoms with E-state index in [0.29, 0.717) is 29.3 Å². The lowest BCUT2D eigenvalue weighted by molar-refractivity contribution is 0.410. The topological polar surface area (TPSA) is 81.3 Å². The maximum atomic E-state index is 12.6. The van der Waals surface area contributed by atoms with Crippen LogP contribution in [-0.2, 0) is 6.42 Å². The van der Waals surface area contributed by atoms with Gasteiger partial charge in [-0.25, -0.2) is 9.97 Å². The molecule has 0 saturated carbocycles. The van der Waals surface area contributed by atoms with Crippen molar-refractivity contribution in [1.82, 2.24) is 15.0 Å². The molecule has 1 N–H and O–H groups in total. The van der Waals surface area contributed by atoms with Crippen LogP contribution in [0.4, 0.5) is 0 Å². The Labute approximate surface area is 205 Å². The number of aromatic nitrogens is 3. The van der Waals surface area contributed by atoms with Gasteiger partial charge >= 0.3 is 0 Å². The third kappa shape index (κ3) is 4.03. The zero-order valence-corrected chi connectivity index (χ0v) is 21.0. The van der Waals surface area contributed by atoms with E-state index >= 15 is 0 Å². The van der Waals surface area contributed by atoms with Crippen molar-refractivity contribution in [2.24, 2.45) is 0 Å². The molecular formula is C28H27N3O3Si. The lowest BCUT2D eigenvalue weighted by Crippen LogP contribution is -2.65. The molecule has 0 amide bonds. The van der Waals surface area contributed by atoms with Crippen LogP contribution in [0.3, 0.4) is 0 Å². The summed E-state index contributed by atoms with van der Waals surface area (Å²) in [4.78, 5) is 25.8. The maximum Gasteiger partial charge on any atom is 0.258 e. The van der Waals surface area contributed by atoms with Gasteiger partial charge in [0.05, 0.1) is 25.7 Å². The van der Waals surface area contributed by atoms with Gasteiger partial charge in [-0.2, -0.15) is 0 Å². The summed E-state index contributed by atoms with van der Waals surface area (Å²) in [7, 11) is -1.65. The van der Waals surface area contributed by atoms with Gasteiger partial charge in [-0.15, -0.1) is 0 Å². The second kappa shape index (κ2) is 9.09. The normalized spacial score (nSPS) is 12.1. The summed E-state index contributed by atoms with van der Waals surface area (Å²) in [5.74, 6) is 1.63. The smallest absolute Gasteiger partial charge is 0.258 e. The van der Waals surface area contributed by atoms with E-state index in [9.17, 15) is 4.80 Å². The second-order valence-corrected chi connectivity index (χ2v) is 13.2. The summed E-state index contributed by atoms with van der Waals surface area (Å²) in [6.45, 7) is 4.27. The molecule has 0 bridgehead atoms. The highest BCUT2D eigenvalue weighted by Gasteiger charge is 2.50. The molecule has 0 spiro atoms. The van der Waals surface area contributed by atoms with Gasteiger partial charge in [0.1, 0.15) is 0 Å². The van der Waals surface area contributed by atoms with E-state index in [2.05, 4.69) is 28.8 Å². The molecule has 176 valence electrons. The largest absolute Gasteiger partial charge is 0.494 e. The summed E-state index contributed by atoms with van der Waals surface area (Å²) < 4.78 is 11.5. The summed E-state index contributed by atoms with van der Waals surface area (Å²) in [5.41, 5.74) is 1.62. The Bertz CT molecular complexity index is 1400. The van der Waals surface area contributed by atoms with Crippen molar-refractivity contribution < 1.29 is 13.9 Å². The molecule has 3 aromatic heterocycles. The number of hydrogen-bond acceptors (Lipinski definition) is 6. The number of methoxy groups -OCH3 is 1. The van der Waals surface area contributed by atoms with Crippen LogP contribution in [0.1, 0.15) is 19.4 Å². The second-order valence-electron chi connectivity index (χ2n) is 9.23. The fourth-order valence-corrected chi connectivity index (χ4v) is 8.45. The van der Waals surface area contributed by atoms with E-state index in [0.717, 1.165) is 21.3 Å². The van der Waals surface area contributed by atoms with Gasteiger partial charge < -0.3 is 13.9 Å². The molecule has 2 aromatic carbocycles. The molecule has 0 atom stereocenters. The number of rotatable bonds is 7. The van der Waals surface area contributed by atoms with Crippen molar-refractivity contribution in [3.8, 4) is 17.3 Å². The minimum atomic E-state index is -3.23. The first-order valence-electron chi connectivity index (χ1n) is 11.5. The van der Waals surface area contributed by atoms with E-state index in [1.807, 2.05) is 66.7 Å². The number of fused-ring (bicyclic) bond motifs is 1. The van der Waals surface area contributed by atoms with Gasteiger partial charge in [0.2, 0.25) is 0 Å². The molecular weight excluding hydrogens is 454 g/mol. The van der Waals surface area contributed by atoms with Crippen LogP contribution in [0.5, 0.6) is 5.75 Å². The third-order valence-electron chi connectivity index (χ3n) is 6.64. The summed E-state index contributed by atoms with van der Waals surface area (Å²) in [5, 5.41) is 2.36. The van der Waals surface area contributed by atoms with Crippen molar-refractivity contribution in [2.75, 3.05) is 7.11 Å². The van der Waals surface area contributed by atoms with Crippen molar-refractivity contribution >= 4 is 29.7 Å². The van der Waals surface area contributed by atoms with Crippen LogP contribution in [-0.4, -0.2) is 35.2 Å². The van der Waals surface area contributed by atoms with E-state index in [1.54, 1.807) is 31.9 Å². The Hall–Kier alpha value is -3.81. The van der Waals surface area contributed by atoms with Crippen molar-refractivity contribution in [3.63, 3.8) is 0 Å². The van der Waals surface area contributed by atoms with Gasteiger partial charge in [-0.05, 0) is 27.9 Å². The van der Waals surface area contributed by atoms with Crippen LogP contribution in [0.25, 0.3) is 22.6 Å². The highest BCUT2D eigenvalue weighted by molar-refractivity contribution is 6.98. The minimum Gasteiger partial charge on any atom is -0.494 e. The predicted molar refractivity (Wildman–Crippen MR) is 139 cm³/mol. The molecule has 5 aromatic rings. The Morgan fingerprint density at radius 3 is 2.06 bits per heavy atom. The molecule has 7 heteroatoms. The number of nitrogens with zero attached hydrogens (tertiary/aromatic N) is 3. The molecule has 6 nitrogen and oxygen atoms in total. The van der Waals surface area contributed by atoms with E-state index in [1.165, 1.54) is 0 Å². The molecule has 0 aliphatic rings. The van der Waals surface area contributed by atoms with Crippen LogP contribution >= 0.6 is 0 Å². The van der Waals surface area contributed by atoms with Crippen LogP contribution in [0.2, 0.25) is 5.04 Å². The van der Waals surface area contributed by atoms with Gasteiger partial charge in [-0.3, -0.25) is 4.98 Å². The third-order valence-corrected chi connectivity index (χ3v) is 11.1. The fraction of sp³-hybridized carbons (Fsp3) is 0.179. The van der Waals surface area contributed by atoms with Crippen LogP contribution in [0, 0.1) is 0 Å². The Kier molecular flexibility index (Phi) is 5.96. The predicted octanol–water partition coefficient (Wildman–Crippen LogP) is 4.37. The first-order chi connectivity index (χ1) is 16.9. The van der Waals surface area contributed by atoms with Crippen molar-refractivity contribution in [2.45, 2.75) is 25.3 Å². The monoisotopic (exact) mass is 481 g/mol. The molecule has 0 aliphatic heterocycles. The summed E-state index contributed by atoms with van der Waals surface area (Å²) in [6, 6.07) is 22.0. The average molecular weight is 482 g/mol. The number of benzene rings is 2. The molecule has 35 heavy (non-hydrogen) atoms. The minimum absolute atomic E-state index is 0.470.